The van der Waals surface area contributed by atoms with Gasteiger partial charge >= 0.3 is 11.9 Å². The second-order valence-corrected chi connectivity index (χ2v) is 4.69. The lowest BCUT2D eigenvalue weighted by Gasteiger charge is -2.26. The number of Topliss-reactive ketones (excluding diaryl/α,β-unsaturated/α-hetero) is 1. The SMILES string of the molecule is COC(=O)C1=C(C)C2(CCCCCC2=O)OC1=O. The van der Waals surface area contributed by atoms with Crippen LogP contribution in [0, 0.1) is 0 Å². The van der Waals surface area contributed by atoms with Crippen LogP contribution in [0.3, 0.4) is 0 Å². The fourth-order valence-electron chi connectivity index (χ4n) is 2.66. The summed E-state index contributed by atoms with van der Waals surface area (Å²) >= 11 is 0. The normalized spacial score (nSPS) is 28.3. The molecule has 0 aromatic rings. The molecule has 1 unspecified atom stereocenters. The third-order valence-corrected chi connectivity index (χ3v) is 3.72. The van der Waals surface area contributed by atoms with Crippen molar-refractivity contribution in [2.75, 3.05) is 7.11 Å². The lowest BCUT2D eigenvalue weighted by molar-refractivity contribution is -0.157. The molecule has 2 aliphatic rings. The zero-order chi connectivity index (χ0) is 13.3. The van der Waals surface area contributed by atoms with Crippen LogP contribution in [-0.4, -0.2) is 30.4 Å². The van der Waals surface area contributed by atoms with E-state index in [1.54, 1.807) is 6.92 Å². The Labute approximate surface area is 105 Å². The first-order chi connectivity index (χ1) is 8.53. The standard InChI is InChI=1S/C13H16O5/c1-8-10(11(15)17-2)12(16)18-13(8)7-5-3-4-6-9(13)14/h3-7H2,1-2H3. The summed E-state index contributed by atoms with van der Waals surface area (Å²) in [7, 11) is 1.20. The minimum absolute atomic E-state index is 0.107. The van der Waals surface area contributed by atoms with Crippen molar-refractivity contribution in [2.45, 2.75) is 44.6 Å². The molecular weight excluding hydrogens is 236 g/mol. The first kappa shape index (κ1) is 12.8. The molecule has 18 heavy (non-hydrogen) atoms. The first-order valence-electron chi connectivity index (χ1n) is 6.09. The highest BCUT2D eigenvalue weighted by molar-refractivity contribution is 6.19. The Morgan fingerprint density at radius 2 is 2.00 bits per heavy atom. The van der Waals surface area contributed by atoms with Crippen molar-refractivity contribution in [3.63, 3.8) is 0 Å². The Morgan fingerprint density at radius 1 is 1.28 bits per heavy atom. The summed E-state index contributed by atoms with van der Waals surface area (Å²) in [4.78, 5) is 35.5. The maximum Gasteiger partial charge on any atom is 0.347 e. The van der Waals surface area contributed by atoms with Crippen molar-refractivity contribution in [2.24, 2.45) is 0 Å². The lowest BCUT2D eigenvalue weighted by atomic mass is 9.85. The number of rotatable bonds is 1. The minimum Gasteiger partial charge on any atom is -0.465 e. The average Bonchev–Trinajstić information content (AvgIpc) is 2.49. The molecule has 1 aliphatic carbocycles. The van der Waals surface area contributed by atoms with Gasteiger partial charge in [0.25, 0.3) is 0 Å². The highest BCUT2D eigenvalue weighted by Crippen LogP contribution is 2.40. The lowest BCUT2D eigenvalue weighted by Crippen LogP contribution is -2.39. The quantitative estimate of drug-likeness (QED) is 0.519. The van der Waals surface area contributed by atoms with Gasteiger partial charge in [-0.2, -0.15) is 0 Å². The van der Waals surface area contributed by atoms with Gasteiger partial charge in [-0.25, -0.2) is 9.59 Å². The van der Waals surface area contributed by atoms with E-state index >= 15 is 0 Å². The second-order valence-electron chi connectivity index (χ2n) is 4.69. The molecule has 0 bridgehead atoms. The van der Waals surface area contributed by atoms with E-state index in [-0.39, 0.29) is 11.4 Å². The molecule has 98 valence electrons. The van der Waals surface area contributed by atoms with Gasteiger partial charge in [-0.1, -0.05) is 6.42 Å². The van der Waals surface area contributed by atoms with Gasteiger partial charge in [0.1, 0.15) is 5.57 Å². The molecule has 0 aromatic carbocycles. The van der Waals surface area contributed by atoms with Gasteiger partial charge in [-0.05, 0) is 31.8 Å². The highest BCUT2D eigenvalue weighted by atomic mass is 16.6. The number of ether oxygens (including phenoxy) is 2. The maximum atomic E-state index is 12.2. The van der Waals surface area contributed by atoms with Crippen LogP contribution in [-0.2, 0) is 23.9 Å². The third kappa shape index (κ3) is 1.74. The van der Waals surface area contributed by atoms with Gasteiger partial charge in [0.05, 0.1) is 7.11 Å². The summed E-state index contributed by atoms with van der Waals surface area (Å²) in [5.74, 6) is -1.58. The van der Waals surface area contributed by atoms with Gasteiger partial charge in [0.2, 0.25) is 0 Å². The van der Waals surface area contributed by atoms with E-state index in [2.05, 4.69) is 4.74 Å². The predicted octanol–water partition coefficient (Wildman–Crippen LogP) is 1.30. The van der Waals surface area contributed by atoms with Gasteiger partial charge in [-0.3, -0.25) is 4.79 Å². The fourth-order valence-corrected chi connectivity index (χ4v) is 2.66. The molecule has 0 aromatic heterocycles. The van der Waals surface area contributed by atoms with Crippen LogP contribution < -0.4 is 0 Å². The van der Waals surface area contributed by atoms with Gasteiger partial charge in [0, 0.05) is 6.42 Å². The van der Waals surface area contributed by atoms with Gasteiger partial charge < -0.3 is 9.47 Å². The van der Waals surface area contributed by atoms with E-state index in [9.17, 15) is 14.4 Å². The summed E-state index contributed by atoms with van der Waals surface area (Å²) in [5, 5.41) is 0. The minimum atomic E-state index is -1.21. The van der Waals surface area contributed by atoms with Crippen molar-refractivity contribution in [1.29, 1.82) is 0 Å². The molecule has 1 heterocycles. The molecule has 1 aliphatic heterocycles. The van der Waals surface area contributed by atoms with Crippen LogP contribution in [0.5, 0.6) is 0 Å². The maximum absolute atomic E-state index is 12.2. The monoisotopic (exact) mass is 252 g/mol. The van der Waals surface area contributed by atoms with E-state index in [1.807, 2.05) is 0 Å². The average molecular weight is 252 g/mol. The Morgan fingerprint density at radius 3 is 2.67 bits per heavy atom. The van der Waals surface area contributed by atoms with Crippen LogP contribution in [0.4, 0.5) is 0 Å². The number of hydrogen-bond donors (Lipinski definition) is 0. The van der Waals surface area contributed by atoms with Gasteiger partial charge in [-0.15, -0.1) is 0 Å². The smallest absolute Gasteiger partial charge is 0.347 e. The largest absolute Gasteiger partial charge is 0.465 e. The topological polar surface area (TPSA) is 69.7 Å². The van der Waals surface area contributed by atoms with Crippen LogP contribution in [0.1, 0.15) is 39.0 Å². The molecule has 1 spiro atoms. The number of carbonyl (C=O) groups excluding carboxylic acids is 3. The van der Waals surface area contributed by atoms with E-state index in [0.717, 1.165) is 19.3 Å². The van der Waals surface area contributed by atoms with Gasteiger partial charge in [0.15, 0.2) is 11.4 Å². The Hall–Kier alpha value is -1.65. The van der Waals surface area contributed by atoms with E-state index in [4.69, 9.17) is 4.74 Å². The molecule has 1 fully saturated rings. The molecule has 0 radical (unpaired) electrons. The summed E-state index contributed by atoms with van der Waals surface area (Å²) in [5.41, 5.74) is -0.920. The van der Waals surface area contributed by atoms with Crippen molar-refractivity contribution < 1.29 is 23.9 Å². The summed E-state index contributed by atoms with van der Waals surface area (Å²) in [6, 6.07) is 0. The van der Waals surface area contributed by atoms with E-state index in [1.165, 1.54) is 7.11 Å². The zero-order valence-electron chi connectivity index (χ0n) is 10.6. The molecule has 0 saturated heterocycles. The summed E-state index contributed by atoms with van der Waals surface area (Å²) < 4.78 is 9.83. The number of ketones is 1. The molecule has 1 saturated carbocycles. The van der Waals surface area contributed by atoms with E-state index in [0.29, 0.717) is 18.4 Å². The molecule has 1 atom stereocenters. The number of carbonyl (C=O) groups is 3. The number of methoxy groups -OCH3 is 1. The number of esters is 2. The van der Waals surface area contributed by atoms with Crippen LogP contribution in [0.2, 0.25) is 0 Å². The molecule has 2 rings (SSSR count). The molecule has 5 heteroatoms. The van der Waals surface area contributed by atoms with Crippen LogP contribution >= 0.6 is 0 Å². The fraction of sp³-hybridized carbons (Fsp3) is 0.615. The van der Waals surface area contributed by atoms with E-state index < -0.39 is 17.5 Å². The van der Waals surface area contributed by atoms with Crippen LogP contribution in [0.25, 0.3) is 0 Å². The first-order valence-corrected chi connectivity index (χ1v) is 6.09. The Bertz CT molecular complexity index is 448. The zero-order valence-corrected chi connectivity index (χ0v) is 10.6. The second kappa shape index (κ2) is 4.55. The van der Waals surface area contributed by atoms with Crippen molar-refractivity contribution in [3.05, 3.63) is 11.1 Å². The highest BCUT2D eigenvalue weighted by Gasteiger charge is 2.52. The van der Waals surface area contributed by atoms with Crippen molar-refractivity contribution >= 4 is 17.7 Å². The van der Waals surface area contributed by atoms with Crippen molar-refractivity contribution in [3.8, 4) is 0 Å². The Kier molecular flexibility index (Phi) is 3.24. The Balaban J connectivity index is 2.46. The summed E-state index contributed by atoms with van der Waals surface area (Å²) in [6.45, 7) is 1.61. The molecular formula is C13H16O5. The molecule has 0 N–H and O–H groups in total. The predicted molar refractivity (Wildman–Crippen MR) is 61.6 cm³/mol. The molecule has 5 nitrogen and oxygen atoms in total. The third-order valence-electron chi connectivity index (χ3n) is 3.72. The number of hydrogen-bond acceptors (Lipinski definition) is 5. The van der Waals surface area contributed by atoms with Crippen LogP contribution in [0.15, 0.2) is 11.1 Å². The molecule has 0 amide bonds. The van der Waals surface area contributed by atoms with Crippen molar-refractivity contribution in [1.82, 2.24) is 0 Å². The summed E-state index contributed by atoms with van der Waals surface area (Å²) in [6.07, 6.45) is 3.40.